The standard InChI is InChI=1S/C8H9N2O4/c1-13-7(11)4-3-10-6(5(4)9)8(12)14-2/h3H,9H2,1-2H3. The second-order valence-corrected chi connectivity index (χ2v) is 2.42. The van der Waals surface area contributed by atoms with Crippen molar-refractivity contribution >= 4 is 11.9 Å². The number of rotatable bonds is 2. The molecule has 1 aliphatic rings. The summed E-state index contributed by atoms with van der Waals surface area (Å²) in [5.41, 5.74) is 5.45. The van der Waals surface area contributed by atoms with Gasteiger partial charge in [-0.2, -0.15) is 0 Å². The summed E-state index contributed by atoms with van der Waals surface area (Å²) in [5.74, 6) is -1.32. The van der Waals surface area contributed by atoms with Gasteiger partial charge in [-0.1, -0.05) is 0 Å². The maximum atomic E-state index is 11.1. The minimum atomic E-state index is -0.683. The van der Waals surface area contributed by atoms with E-state index in [1.54, 1.807) is 0 Å². The van der Waals surface area contributed by atoms with E-state index in [1.807, 2.05) is 0 Å². The number of ether oxygens (including phenoxy) is 2. The number of nitrogens with two attached hydrogens (primary N) is 1. The lowest BCUT2D eigenvalue weighted by molar-refractivity contribution is -0.136. The van der Waals surface area contributed by atoms with Crippen LogP contribution in [0.5, 0.6) is 0 Å². The Bertz CT molecular complexity index is 324. The van der Waals surface area contributed by atoms with Gasteiger partial charge in [-0.15, -0.1) is 0 Å². The van der Waals surface area contributed by atoms with Crippen LogP contribution < -0.4 is 11.1 Å². The Balaban J connectivity index is 2.92. The zero-order valence-corrected chi connectivity index (χ0v) is 7.73. The smallest absolute Gasteiger partial charge is 0.358 e. The Morgan fingerprint density at radius 2 is 1.86 bits per heavy atom. The van der Waals surface area contributed by atoms with Crippen LogP contribution in [0.4, 0.5) is 0 Å². The number of esters is 2. The van der Waals surface area contributed by atoms with Crippen LogP contribution in [0.2, 0.25) is 0 Å². The molecule has 0 fully saturated rings. The average molecular weight is 197 g/mol. The molecule has 0 aliphatic carbocycles. The quantitative estimate of drug-likeness (QED) is 0.573. The molecule has 0 saturated heterocycles. The zero-order chi connectivity index (χ0) is 10.7. The molecule has 0 aromatic heterocycles. The number of carbonyl (C=O) groups is 2. The van der Waals surface area contributed by atoms with E-state index in [1.165, 1.54) is 20.4 Å². The molecule has 0 aromatic carbocycles. The van der Waals surface area contributed by atoms with Crippen molar-refractivity contribution in [2.45, 2.75) is 0 Å². The highest BCUT2D eigenvalue weighted by atomic mass is 16.5. The first-order valence-electron chi connectivity index (χ1n) is 3.69. The van der Waals surface area contributed by atoms with E-state index in [2.05, 4.69) is 14.8 Å². The van der Waals surface area contributed by atoms with Gasteiger partial charge in [-0.3, -0.25) is 0 Å². The van der Waals surface area contributed by atoms with Crippen molar-refractivity contribution in [2.24, 2.45) is 5.73 Å². The maximum Gasteiger partial charge on any atom is 0.358 e. The van der Waals surface area contributed by atoms with E-state index in [-0.39, 0.29) is 17.0 Å². The van der Waals surface area contributed by atoms with Crippen molar-refractivity contribution in [3.05, 3.63) is 23.2 Å². The Morgan fingerprint density at radius 1 is 1.29 bits per heavy atom. The Labute approximate surface area is 80.3 Å². The summed E-state index contributed by atoms with van der Waals surface area (Å²) in [4.78, 5) is 22.1. The molecule has 6 heteroatoms. The van der Waals surface area contributed by atoms with Crippen LogP contribution in [0.1, 0.15) is 0 Å². The Morgan fingerprint density at radius 3 is 2.36 bits per heavy atom. The minimum absolute atomic E-state index is 0.0244. The third-order valence-corrected chi connectivity index (χ3v) is 1.65. The van der Waals surface area contributed by atoms with Crippen LogP contribution in [0, 0.1) is 0 Å². The van der Waals surface area contributed by atoms with Crippen LogP contribution in [-0.2, 0) is 19.1 Å². The van der Waals surface area contributed by atoms with Gasteiger partial charge < -0.3 is 15.2 Å². The van der Waals surface area contributed by atoms with Crippen LogP contribution in [-0.4, -0.2) is 26.2 Å². The fourth-order valence-corrected chi connectivity index (χ4v) is 0.928. The van der Waals surface area contributed by atoms with E-state index in [4.69, 9.17) is 5.73 Å². The van der Waals surface area contributed by atoms with Crippen LogP contribution in [0.3, 0.4) is 0 Å². The average Bonchev–Trinajstić information content (AvgIpc) is 2.58. The van der Waals surface area contributed by atoms with Gasteiger partial charge in [0.05, 0.1) is 19.9 Å². The summed E-state index contributed by atoms with van der Waals surface area (Å²) in [6.07, 6.45) is 1.17. The summed E-state index contributed by atoms with van der Waals surface area (Å²) in [7, 11) is 2.42. The molecule has 0 amide bonds. The van der Waals surface area contributed by atoms with Gasteiger partial charge in [-0.05, 0) is 0 Å². The third-order valence-electron chi connectivity index (χ3n) is 1.65. The molecule has 0 aromatic rings. The highest BCUT2D eigenvalue weighted by Crippen LogP contribution is 2.17. The van der Waals surface area contributed by atoms with E-state index >= 15 is 0 Å². The molecule has 14 heavy (non-hydrogen) atoms. The third kappa shape index (κ3) is 1.54. The second-order valence-electron chi connectivity index (χ2n) is 2.42. The Kier molecular flexibility index (Phi) is 2.76. The fraction of sp³-hybridized carbons (Fsp3) is 0.250. The number of hydrogen-bond donors (Lipinski definition) is 1. The molecular formula is C8H9N2O4. The van der Waals surface area contributed by atoms with E-state index in [0.717, 1.165) is 0 Å². The molecule has 1 radical (unpaired) electrons. The van der Waals surface area contributed by atoms with Crippen LogP contribution in [0.15, 0.2) is 23.2 Å². The van der Waals surface area contributed by atoms with E-state index < -0.39 is 11.9 Å². The SMILES string of the molecule is COC(=O)C1=C[N]C(C(=O)OC)=C1N. The lowest BCUT2D eigenvalue weighted by atomic mass is 10.2. The highest BCUT2D eigenvalue weighted by molar-refractivity contribution is 5.99. The van der Waals surface area contributed by atoms with Gasteiger partial charge in [0, 0.05) is 6.20 Å². The molecular weight excluding hydrogens is 188 g/mol. The first kappa shape index (κ1) is 10.1. The lowest BCUT2D eigenvalue weighted by Crippen LogP contribution is -2.16. The topological polar surface area (TPSA) is 92.7 Å². The predicted molar refractivity (Wildman–Crippen MR) is 45.5 cm³/mol. The van der Waals surface area contributed by atoms with Gasteiger partial charge in [0.25, 0.3) is 0 Å². The number of nitrogens with zero attached hydrogens (tertiary/aromatic N) is 1. The van der Waals surface area contributed by atoms with Crippen molar-refractivity contribution < 1.29 is 19.1 Å². The molecule has 6 nitrogen and oxygen atoms in total. The fourth-order valence-electron chi connectivity index (χ4n) is 0.928. The molecule has 1 heterocycles. The van der Waals surface area contributed by atoms with Gasteiger partial charge in [0.15, 0.2) is 5.70 Å². The first-order chi connectivity index (χ1) is 6.61. The van der Waals surface area contributed by atoms with Crippen molar-refractivity contribution in [3.8, 4) is 0 Å². The molecule has 75 valence electrons. The van der Waals surface area contributed by atoms with E-state index in [9.17, 15) is 9.59 Å². The second kappa shape index (κ2) is 3.82. The zero-order valence-electron chi connectivity index (χ0n) is 7.73. The molecule has 1 rings (SSSR count). The normalized spacial score (nSPS) is 14.6. The van der Waals surface area contributed by atoms with Crippen molar-refractivity contribution in [2.75, 3.05) is 14.2 Å². The van der Waals surface area contributed by atoms with E-state index in [0.29, 0.717) is 0 Å². The maximum absolute atomic E-state index is 11.1. The number of hydrogen-bond acceptors (Lipinski definition) is 5. The monoisotopic (exact) mass is 197 g/mol. The molecule has 1 aliphatic heterocycles. The first-order valence-corrected chi connectivity index (χ1v) is 3.69. The summed E-state index contributed by atoms with van der Waals surface area (Å²) in [5, 5.41) is 3.66. The molecule has 0 spiro atoms. The Hall–Kier alpha value is -1.98. The van der Waals surface area contributed by atoms with Crippen molar-refractivity contribution in [1.29, 1.82) is 0 Å². The lowest BCUT2D eigenvalue weighted by Gasteiger charge is -2.01. The van der Waals surface area contributed by atoms with Gasteiger partial charge >= 0.3 is 11.9 Å². The minimum Gasteiger partial charge on any atom is -0.465 e. The summed E-state index contributed by atoms with van der Waals surface area (Å²) >= 11 is 0. The van der Waals surface area contributed by atoms with Crippen LogP contribution in [0.25, 0.3) is 0 Å². The van der Waals surface area contributed by atoms with Crippen molar-refractivity contribution in [1.82, 2.24) is 5.32 Å². The summed E-state index contributed by atoms with van der Waals surface area (Å²) in [6.45, 7) is 0. The molecule has 0 saturated carbocycles. The largest absolute Gasteiger partial charge is 0.465 e. The predicted octanol–water partition coefficient (Wildman–Crippen LogP) is -0.995. The number of carbonyl (C=O) groups excluding carboxylic acids is 2. The van der Waals surface area contributed by atoms with Crippen LogP contribution >= 0.6 is 0 Å². The molecule has 0 unspecified atom stereocenters. The van der Waals surface area contributed by atoms with Gasteiger partial charge in [0.1, 0.15) is 5.57 Å². The summed E-state index contributed by atoms with van der Waals surface area (Å²) in [6, 6.07) is 0. The van der Waals surface area contributed by atoms with Gasteiger partial charge in [-0.25, -0.2) is 14.9 Å². The summed E-state index contributed by atoms with van der Waals surface area (Å²) < 4.78 is 8.84. The van der Waals surface area contributed by atoms with Crippen molar-refractivity contribution in [3.63, 3.8) is 0 Å². The molecule has 0 atom stereocenters. The number of methoxy groups -OCH3 is 2. The molecule has 2 N–H and O–H groups in total. The highest BCUT2D eigenvalue weighted by Gasteiger charge is 2.27. The van der Waals surface area contributed by atoms with Gasteiger partial charge in [0.2, 0.25) is 0 Å². The molecule has 0 bridgehead atoms.